The number of nitrogens with one attached hydrogen (secondary N) is 1. The summed E-state index contributed by atoms with van der Waals surface area (Å²) in [6, 6.07) is 7.78. The first-order valence-corrected chi connectivity index (χ1v) is 7.31. The first-order valence-electron chi connectivity index (χ1n) is 6.77. The van der Waals surface area contributed by atoms with Crippen LogP contribution in [-0.2, 0) is 4.79 Å². The number of hydrogen-bond acceptors (Lipinski definition) is 2. The second kappa shape index (κ2) is 6.80. The number of carbonyl (C=O) groups excluding carboxylic acids is 1. The highest BCUT2D eigenvalue weighted by molar-refractivity contribution is 6.17. The van der Waals surface area contributed by atoms with Gasteiger partial charge >= 0.3 is 0 Å². The zero-order chi connectivity index (χ0) is 13.7. The molecule has 0 spiro atoms. The standard InChI is InChI=1S/C15H20ClNO2/c1-11(6-8-16)10-17-15(18)13-7-9-19-14-5-3-2-4-12(13)14/h2-5,11,13H,6-10H2,1H3,(H,17,18). The molecule has 3 nitrogen and oxygen atoms in total. The van der Waals surface area contributed by atoms with Crippen LogP contribution in [0.15, 0.2) is 24.3 Å². The van der Waals surface area contributed by atoms with E-state index < -0.39 is 0 Å². The molecule has 1 aromatic carbocycles. The zero-order valence-electron chi connectivity index (χ0n) is 11.2. The van der Waals surface area contributed by atoms with Crippen LogP contribution in [0.2, 0.25) is 0 Å². The molecule has 0 saturated carbocycles. The van der Waals surface area contributed by atoms with Crippen molar-refractivity contribution in [2.24, 2.45) is 5.92 Å². The van der Waals surface area contributed by atoms with Crippen LogP contribution in [-0.4, -0.2) is 24.9 Å². The van der Waals surface area contributed by atoms with Crippen molar-refractivity contribution in [1.82, 2.24) is 5.32 Å². The fraction of sp³-hybridized carbons (Fsp3) is 0.533. The largest absolute Gasteiger partial charge is 0.493 e. The van der Waals surface area contributed by atoms with Crippen molar-refractivity contribution in [1.29, 1.82) is 0 Å². The van der Waals surface area contributed by atoms with Gasteiger partial charge in [-0.3, -0.25) is 4.79 Å². The topological polar surface area (TPSA) is 38.3 Å². The number of fused-ring (bicyclic) bond motifs is 1. The van der Waals surface area contributed by atoms with Crippen LogP contribution in [0, 0.1) is 5.92 Å². The minimum Gasteiger partial charge on any atom is -0.493 e. The maximum absolute atomic E-state index is 12.3. The summed E-state index contributed by atoms with van der Waals surface area (Å²) in [4.78, 5) is 12.3. The lowest BCUT2D eigenvalue weighted by molar-refractivity contribution is -0.123. The lowest BCUT2D eigenvalue weighted by Crippen LogP contribution is -2.35. The van der Waals surface area contributed by atoms with Crippen LogP contribution in [0.3, 0.4) is 0 Å². The molecule has 4 heteroatoms. The van der Waals surface area contributed by atoms with Gasteiger partial charge in [-0.1, -0.05) is 25.1 Å². The van der Waals surface area contributed by atoms with E-state index in [1.807, 2.05) is 24.3 Å². The molecule has 19 heavy (non-hydrogen) atoms. The summed E-state index contributed by atoms with van der Waals surface area (Å²) in [6.45, 7) is 3.39. The van der Waals surface area contributed by atoms with Crippen molar-refractivity contribution in [3.05, 3.63) is 29.8 Å². The first-order chi connectivity index (χ1) is 9.22. The fourth-order valence-corrected chi connectivity index (χ4v) is 2.67. The van der Waals surface area contributed by atoms with Crippen molar-refractivity contribution < 1.29 is 9.53 Å². The third-order valence-corrected chi connectivity index (χ3v) is 3.72. The number of carbonyl (C=O) groups is 1. The van der Waals surface area contributed by atoms with Crippen LogP contribution >= 0.6 is 11.6 Å². The van der Waals surface area contributed by atoms with Gasteiger partial charge in [-0.15, -0.1) is 11.6 Å². The summed E-state index contributed by atoms with van der Waals surface area (Å²) < 4.78 is 5.57. The Morgan fingerprint density at radius 2 is 2.32 bits per heavy atom. The van der Waals surface area contributed by atoms with Gasteiger partial charge in [0, 0.05) is 18.0 Å². The van der Waals surface area contributed by atoms with Crippen molar-refractivity contribution >= 4 is 17.5 Å². The average molecular weight is 282 g/mol. The molecule has 1 aromatic rings. The van der Waals surface area contributed by atoms with Gasteiger partial charge in [0.2, 0.25) is 5.91 Å². The lowest BCUT2D eigenvalue weighted by atomic mass is 9.92. The quantitative estimate of drug-likeness (QED) is 0.843. The normalized spacial score (nSPS) is 19.2. The lowest BCUT2D eigenvalue weighted by Gasteiger charge is -2.25. The number of ether oxygens (including phenoxy) is 1. The molecule has 0 aromatic heterocycles. The third-order valence-electron chi connectivity index (χ3n) is 3.50. The monoisotopic (exact) mass is 281 g/mol. The second-order valence-corrected chi connectivity index (χ2v) is 5.43. The molecule has 0 saturated heterocycles. The first kappa shape index (κ1) is 14.2. The van der Waals surface area contributed by atoms with Crippen LogP contribution in [0.4, 0.5) is 0 Å². The minimum atomic E-state index is -0.0897. The minimum absolute atomic E-state index is 0.0897. The Morgan fingerprint density at radius 1 is 1.53 bits per heavy atom. The summed E-state index contributed by atoms with van der Waals surface area (Å²) in [7, 11) is 0. The van der Waals surface area contributed by atoms with Gasteiger partial charge in [0.15, 0.2) is 0 Å². The van der Waals surface area contributed by atoms with Crippen molar-refractivity contribution in [2.75, 3.05) is 19.0 Å². The number of amides is 1. The van der Waals surface area contributed by atoms with Crippen LogP contribution in [0.5, 0.6) is 5.75 Å². The van der Waals surface area contributed by atoms with Crippen molar-refractivity contribution in [3.8, 4) is 5.75 Å². The molecule has 0 aliphatic carbocycles. The van der Waals surface area contributed by atoms with Crippen LogP contribution in [0.1, 0.15) is 31.2 Å². The molecule has 0 radical (unpaired) electrons. The number of benzene rings is 1. The predicted molar refractivity (Wildman–Crippen MR) is 76.8 cm³/mol. The fourth-order valence-electron chi connectivity index (χ4n) is 2.30. The molecule has 2 rings (SSSR count). The molecule has 0 bridgehead atoms. The van der Waals surface area contributed by atoms with Gasteiger partial charge in [-0.25, -0.2) is 0 Å². The molecular formula is C15H20ClNO2. The van der Waals surface area contributed by atoms with Crippen molar-refractivity contribution in [3.63, 3.8) is 0 Å². The molecule has 1 N–H and O–H groups in total. The van der Waals surface area contributed by atoms with E-state index in [0.29, 0.717) is 24.9 Å². The number of para-hydroxylation sites is 1. The number of alkyl halides is 1. The molecule has 1 aliphatic rings. The van der Waals surface area contributed by atoms with E-state index in [1.54, 1.807) is 0 Å². The number of halogens is 1. The van der Waals surface area contributed by atoms with E-state index in [4.69, 9.17) is 16.3 Å². The van der Waals surface area contributed by atoms with Crippen LogP contribution in [0.25, 0.3) is 0 Å². The molecule has 104 valence electrons. The Balaban J connectivity index is 1.97. The van der Waals surface area contributed by atoms with Gasteiger partial charge in [0.25, 0.3) is 0 Å². The predicted octanol–water partition coefficient (Wildman–Crippen LogP) is 2.93. The van der Waals surface area contributed by atoms with Gasteiger partial charge < -0.3 is 10.1 Å². The molecule has 2 unspecified atom stereocenters. The number of rotatable bonds is 5. The highest BCUT2D eigenvalue weighted by atomic mass is 35.5. The van der Waals surface area contributed by atoms with Crippen molar-refractivity contribution in [2.45, 2.75) is 25.7 Å². The van der Waals surface area contributed by atoms with E-state index in [0.717, 1.165) is 24.2 Å². The van der Waals surface area contributed by atoms with E-state index in [1.165, 1.54) is 0 Å². The number of hydrogen-bond donors (Lipinski definition) is 1. The van der Waals surface area contributed by atoms with Crippen LogP contribution < -0.4 is 10.1 Å². The molecule has 1 aliphatic heterocycles. The van der Waals surface area contributed by atoms with E-state index in [9.17, 15) is 4.79 Å². The van der Waals surface area contributed by atoms with E-state index in [-0.39, 0.29) is 11.8 Å². The smallest absolute Gasteiger partial charge is 0.227 e. The highest BCUT2D eigenvalue weighted by Gasteiger charge is 2.27. The van der Waals surface area contributed by atoms with E-state index >= 15 is 0 Å². The Morgan fingerprint density at radius 3 is 3.11 bits per heavy atom. The maximum atomic E-state index is 12.3. The SMILES string of the molecule is CC(CCCl)CNC(=O)C1CCOc2ccccc21. The summed E-state index contributed by atoms with van der Waals surface area (Å²) >= 11 is 5.70. The summed E-state index contributed by atoms with van der Waals surface area (Å²) in [5.74, 6) is 1.89. The van der Waals surface area contributed by atoms with Gasteiger partial charge in [0.05, 0.1) is 12.5 Å². The molecule has 2 atom stereocenters. The summed E-state index contributed by atoms with van der Waals surface area (Å²) in [6.07, 6.45) is 1.67. The maximum Gasteiger partial charge on any atom is 0.227 e. The third kappa shape index (κ3) is 3.63. The second-order valence-electron chi connectivity index (χ2n) is 5.06. The van der Waals surface area contributed by atoms with E-state index in [2.05, 4.69) is 12.2 Å². The van der Waals surface area contributed by atoms with Gasteiger partial charge in [-0.2, -0.15) is 0 Å². The summed E-state index contributed by atoms with van der Waals surface area (Å²) in [5.41, 5.74) is 0.997. The molecular weight excluding hydrogens is 262 g/mol. The highest BCUT2D eigenvalue weighted by Crippen LogP contribution is 2.33. The molecule has 0 fully saturated rings. The Labute approximate surface area is 119 Å². The van der Waals surface area contributed by atoms with Gasteiger partial charge in [-0.05, 0) is 24.8 Å². The Kier molecular flexibility index (Phi) is 5.08. The Bertz CT molecular complexity index is 436. The zero-order valence-corrected chi connectivity index (χ0v) is 12.0. The average Bonchev–Trinajstić information content (AvgIpc) is 2.44. The van der Waals surface area contributed by atoms with Gasteiger partial charge in [0.1, 0.15) is 5.75 Å². The molecule has 1 amide bonds. The Hall–Kier alpha value is -1.22. The summed E-state index contributed by atoms with van der Waals surface area (Å²) in [5, 5.41) is 3.02. The molecule has 1 heterocycles.